The van der Waals surface area contributed by atoms with Crippen LogP contribution >= 0.6 is 11.6 Å². The number of nitrogens with one attached hydrogen (secondary N) is 1. The van der Waals surface area contributed by atoms with Crippen LogP contribution in [0.3, 0.4) is 0 Å². The maximum Gasteiger partial charge on any atom is 0.224 e. The lowest BCUT2D eigenvalue weighted by Gasteiger charge is -2.32. The maximum atomic E-state index is 12.8. The van der Waals surface area contributed by atoms with Gasteiger partial charge in [-0.15, -0.1) is 0 Å². The molecule has 1 saturated heterocycles. The molecule has 1 amide bonds. The molecule has 0 aliphatic carbocycles. The first kappa shape index (κ1) is 24.5. The average molecular weight is 480 g/mol. The number of carbonyl (C=O) groups excluding carboxylic acids is 1. The minimum Gasteiger partial charge on any atom is -0.352 e. The Morgan fingerprint density at radius 2 is 1.76 bits per heavy atom. The minimum absolute atomic E-state index is 0.00263. The standard InChI is InChI=1S/C27H34ClN5O/c1-19-8-9-24(15-26(19)28)33-21(3)25(20(2)30-33)16-27(34)29-17-22-6-5-7-23(14-22)18-32-12-10-31(4)11-13-32/h5-9,14-15H,10-13,16-18H2,1-4H3,(H,29,34). The Morgan fingerprint density at radius 3 is 2.50 bits per heavy atom. The van der Waals surface area contributed by atoms with Gasteiger partial charge in [0.05, 0.1) is 17.8 Å². The van der Waals surface area contributed by atoms with Crippen LogP contribution < -0.4 is 5.32 Å². The van der Waals surface area contributed by atoms with Crippen LogP contribution in [0.25, 0.3) is 5.69 Å². The normalized spacial score (nSPS) is 15.0. The summed E-state index contributed by atoms with van der Waals surface area (Å²) < 4.78 is 1.87. The van der Waals surface area contributed by atoms with Gasteiger partial charge in [-0.1, -0.05) is 41.9 Å². The van der Waals surface area contributed by atoms with Gasteiger partial charge in [0.2, 0.25) is 5.91 Å². The summed E-state index contributed by atoms with van der Waals surface area (Å²) in [6.07, 6.45) is 0.304. The van der Waals surface area contributed by atoms with E-state index in [9.17, 15) is 4.79 Å². The summed E-state index contributed by atoms with van der Waals surface area (Å²) in [5.74, 6) is -0.00263. The molecule has 2 aromatic carbocycles. The number of halogens is 1. The van der Waals surface area contributed by atoms with Gasteiger partial charge >= 0.3 is 0 Å². The Hall–Kier alpha value is -2.67. The van der Waals surface area contributed by atoms with E-state index in [4.69, 9.17) is 11.6 Å². The third-order valence-electron chi connectivity index (χ3n) is 6.66. The van der Waals surface area contributed by atoms with E-state index in [2.05, 4.69) is 51.5 Å². The van der Waals surface area contributed by atoms with Crippen molar-refractivity contribution in [2.24, 2.45) is 0 Å². The molecule has 34 heavy (non-hydrogen) atoms. The van der Waals surface area contributed by atoms with Gasteiger partial charge in [0, 0.05) is 55.5 Å². The first-order chi connectivity index (χ1) is 16.3. The van der Waals surface area contributed by atoms with Crippen molar-refractivity contribution in [2.75, 3.05) is 33.2 Å². The zero-order valence-corrected chi connectivity index (χ0v) is 21.3. The second-order valence-corrected chi connectivity index (χ2v) is 9.75. The van der Waals surface area contributed by atoms with Crippen LogP contribution in [0.5, 0.6) is 0 Å². The summed E-state index contributed by atoms with van der Waals surface area (Å²) in [5.41, 5.74) is 7.12. The van der Waals surface area contributed by atoms with Gasteiger partial charge in [0.1, 0.15) is 0 Å². The summed E-state index contributed by atoms with van der Waals surface area (Å²) >= 11 is 6.31. The molecular weight excluding hydrogens is 446 g/mol. The zero-order valence-electron chi connectivity index (χ0n) is 20.6. The molecule has 4 rings (SSSR count). The SMILES string of the molecule is Cc1ccc(-n2nc(C)c(CC(=O)NCc3cccc(CN4CCN(C)CC4)c3)c2C)cc1Cl. The van der Waals surface area contributed by atoms with E-state index in [0.29, 0.717) is 18.0 Å². The zero-order chi connectivity index (χ0) is 24.2. The third kappa shape index (κ3) is 5.87. The monoisotopic (exact) mass is 479 g/mol. The van der Waals surface area contributed by atoms with Crippen LogP contribution in [0, 0.1) is 20.8 Å². The predicted octanol–water partition coefficient (Wildman–Crippen LogP) is 4.06. The van der Waals surface area contributed by atoms with Crippen molar-refractivity contribution in [3.05, 3.63) is 81.1 Å². The molecule has 7 heteroatoms. The number of rotatable bonds is 7. The van der Waals surface area contributed by atoms with Gasteiger partial charge in [-0.05, 0) is 56.6 Å². The molecule has 1 aliphatic heterocycles. The summed E-state index contributed by atoms with van der Waals surface area (Å²) in [6, 6.07) is 14.4. The molecule has 0 saturated carbocycles. The molecule has 180 valence electrons. The maximum absolute atomic E-state index is 12.8. The highest BCUT2D eigenvalue weighted by Crippen LogP contribution is 2.23. The molecule has 6 nitrogen and oxygen atoms in total. The molecule has 1 aromatic heterocycles. The number of aryl methyl sites for hydroxylation is 2. The number of hydrogen-bond acceptors (Lipinski definition) is 4. The Kier molecular flexibility index (Phi) is 7.71. The first-order valence-electron chi connectivity index (χ1n) is 11.9. The molecule has 1 aliphatic rings. The van der Waals surface area contributed by atoms with Crippen LogP contribution in [0.1, 0.15) is 33.6 Å². The topological polar surface area (TPSA) is 53.4 Å². The molecular formula is C27H34ClN5O. The highest BCUT2D eigenvalue weighted by molar-refractivity contribution is 6.31. The van der Waals surface area contributed by atoms with Crippen molar-refractivity contribution in [3.63, 3.8) is 0 Å². The lowest BCUT2D eigenvalue weighted by atomic mass is 10.1. The summed E-state index contributed by atoms with van der Waals surface area (Å²) in [7, 11) is 2.17. The Bertz CT molecular complexity index is 1160. The minimum atomic E-state index is -0.00263. The van der Waals surface area contributed by atoms with Gasteiger partial charge in [0.25, 0.3) is 0 Å². The van der Waals surface area contributed by atoms with Crippen molar-refractivity contribution >= 4 is 17.5 Å². The Morgan fingerprint density at radius 1 is 1.03 bits per heavy atom. The Labute approximate surface area is 207 Å². The summed E-state index contributed by atoms with van der Waals surface area (Å²) in [5, 5.41) is 8.46. The van der Waals surface area contributed by atoms with Crippen LogP contribution in [0.15, 0.2) is 42.5 Å². The molecule has 1 N–H and O–H groups in total. The van der Waals surface area contributed by atoms with Gasteiger partial charge in [-0.2, -0.15) is 5.10 Å². The number of benzene rings is 2. The lowest BCUT2D eigenvalue weighted by Crippen LogP contribution is -2.43. The van der Waals surface area contributed by atoms with Gasteiger partial charge in [0.15, 0.2) is 0 Å². The molecule has 0 radical (unpaired) electrons. The largest absolute Gasteiger partial charge is 0.352 e. The van der Waals surface area contributed by atoms with Crippen LogP contribution in [-0.4, -0.2) is 58.7 Å². The number of amides is 1. The van der Waals surface area contributed by atoms with Crippen LogP contribution in [0.2, 0.25) is 5.02 Å². The van der Waals surface area contributed by atoms with Gasteiger partial charge < -0.3 is 10.2 Å². The number of piperazine rings is 1. The number of likely N-dealkylation sites (N-methyl/N-ethyl adjacent to an activating group) is 1. The number of nitrogens with zero attached hydrogens (tertiary/aromatic N) is 4. The fraction of sp³-hybridized carbons (Fsp3) is 0.407. The van der Waals surface area contributed by atoms with Crippen molar-refractivity contribution < 1.29 is 4.79 Å². The second-order valence-electron chi connectivity index (χ2n) is 9.35. The first-order valence-corrected chi connectivity index (χ1v) is 12.2. The molecule has 0 atom stereocenters. The van der Waals surface area contributed by atoms with E-state index in [1.165, 1.54) is 5.56 Å². The van der Waals surface area contributed by atoms with Crippen LogP contribution in [-0.2, 0) is 24.3 Å². The van der Waals surface area contributed by atoms with E-state index in [1.54, 1.807) is 0 Å². The molecule has 0 spiro atoms. The predicted molar refractivity (Wildman–Crippen MR) is 138 cm³/mol. The highest BCUT2D eigenvalue weighted by Gasteiger charge is 2.17. The number of hydrogen-bond donors (Lipinski definition) is 1. The van der Waals surface area contributed by atoms with E-state index in [1.807, 2.05) is 43.7 Å². The molecule has 0 bridgehead atoms. The van der Waals surface area contributed by atoms with Crippen LogP contribution in [0.4, 0.5) is 0 Å². The Balaban J connectivity index is 1.36. The van der Waals surface area contributed by atoms with Crippen molar-refractivity contribution in [2.45, 2.75) is 40.3 Å². The van der Waals surface area contributed by atoms with Crippen molar-refractivity contribution in [3.8, 4) is 5.69 Å². The molecule has 0 unspecified atom stereocenters. The molecule has 2 heterocycles. The van der Waals surface area contributed by atoms with E-state index in [-0.39, 0.29) is 5.91 Å². The van der Waals surface area contributed by atoms with Gasteiger partial charge in [-0.3, -0.25) is 9.69 Å². The molecule has 3 aromatic rings. The highest BCUT2D eigenvalue weighted by atomic mass is 35.5. The number of aromatic nitrogens is 2. The van der Waals surface area contributed by atoms with Gasteiger partial charge in [-0.25, -0.2) is 4.68 Å². The lowest BCUT2D eigenvalue weighted by molar-refractivity contribution is -0.120. The summed E-state index contributed by atoms with van der Waals surface area (Å²) in [4.78, 5) is 17.6. The fourth-order valence-corrected chi connectivity index (χ4v) is 4.60. The third-order valence-corrected chi connectivity index (χ3v) is 7.07. The van der Waals surface area contributed by atoms with E-state index in [0.717, 1.165) is 66.5 Å². The average Bonchev–Trinajstić information content (AvgIpc) is 3.09. The second kappa shape index (κ2) is 10.7. The van der Waals surface area contributed by atoms with Crippen molar-refractivity contribution in [1.29, 1.82) is 0 Å². The number of carbonyl (C=O) groups is 1. The summed E-state index contributed by atoms with van der Waals surface area (Å²) in [6.45, 7) is 11.8. The quantitative estimate of drug-likeness (QED) is 0.555. The smallest absolute Gasteiger partial charge is 0.224 e. The van der Waals surface area contributed by atoms with E-state index < -0.39 is 0 Å². The molecule has 1 fully saturated rings. The van der Waals surface area contributed by atoms with Crippen molar-refractivity contribution in [1.82, 2.24) is 24.9 Å². The fourth-order valence-electron chi connectivity index (χ4n) is 4.42. The van der Waals surface area contributed by atoms with E-state index >= 15 is 0 Å².